The molecule has 0 saturated heterocycles. The molecule has 0 aliphatic rings. The second-order valence-corrected chi connectivity index (χ2v) is 6.09. The van der Waals surface area contributed by atoms with Crippen LogP contribution in [0.1, 0.15) is 6.42 Å². The summed E-state index contributed by atoms with van der Waals surface area (Å²) in [4.78, 5) is 12.0. The van der Waals surface area contributed by atoms with Crippen LogP contribution >= 0.6 is 15.9 Å². The molecule has 4 aromatic rings. The summed E-state index contributed by atoms with van der Waals surface area (Å²) in [6, 6.07) is 10.8. The molecule has 0 aliphatic heterocycles. The van der Waals surface area contributed by atoms with Crippen molar-refractivity contribution in [2.75, 3.05) is 5.33 Å². The lowest BCUT2D eigenvalue weighted by atomic mass is 10.1. The van der Waals surface area contributed by atoms with E-state index in [1.807, 2.05) is 6.07 Å². The molecule has 0 amide bonds. The molecule has 4 nitrogen and oxygen atoms in total. The van der Waals surface area contributed by atoms with Crippen LogP contribution in [0.2, 0.25) is 0 Å². The first kappa shape index (κ1) is 13.5. The van der Waals surface area contributed by atoms with Gasteiger partial charge in [-0.25, -0.2) is 4.98 Å². The number of rotatable bonds is 4. The topological polar surface area (TPSA) is 46.5 Å². The first-order chi connectivity index (χ1) is 10.8. The SMILES string of the molecule is BrCCCn1ccc2cc(-c3cc4nccnc4[nH]3)ccc21. The molecule has 0 aliphatic carbocycles. The summed E-state index contributed by atoms with van der Waals surface area (Å²) < 4.78 is 2.30. The molecule has 0 fully saturated rings. The average molecular weight is 355 g/mol. The van der Waals surface area contributed by atoms with E-state index in [0.29, 0.717) is 0 Å². The summed E-state index contributed by atoms with van der Waals surface area (Å²) in [5, 5.41) is 2.28. The monoisotopic (exact) mass is 354 g/mol. The molecule has 1 aromatic carbocycles. The molecule has 4 rings (SSSR count). The van der Waals surface area contributed by atoms with Gasteiger partial charge in [-0.2, -0.15) is 0 Å². The van der Waals surface area contributed by atoms with E-state index in [-0.39, 0.29) is 0 Å². The number of aromatic amines is 1. The molecule has 0 bridgehead atoms. The van der Waals surface area contributed by atoms with Crippen LogP contribution < -0.4 is 0 Å². The van der Waals surface area contributed by atoms with Crippen LogP contribution in [-0.4, -0.2) is 24.8 Å². The van der Waals surface area contributed by atoms with Crippen molar-refractivity contribution in [2.24, 2.45) is 0 Å². The van der Waals surface area contributed by atoms with Gasteiger partial charge in [-0.15, -0.1) is 0 Å². The Hall–Kier alpha value is -2.14. The van der Waals surface area contributed by atoms with Crippen LogP contribution in [0.5, 0.6) is 0 Å². The lowest BCUT2D eigenvalue weighted by molar-refractivity contribution is 0.711. The van der Waals surface area contributed by atoms with Gasteiger partial charge in [-0.1, -0.05) is 22.0 Å². The number of aromatic nitrogens is 4. The third-order valence-corrected chi connectivity index (χ3v) is 4.44. The first-order valence-corrected chi connectivity index (χ1v) is 8.42. The Balaban J connectivity index is 1.76. The number of benzene rings is 1. The standard InChI is InChI=1S/C17H15BrN4/c18-5-1-8-22-9-4-13-10-12(2-3-16(13)22)14-11-15-17(21-14)20-7-6-19-15/h2-4,6-7,9-11H,1,5,8H2,(H,20,21). The highest BCUT2D eigenvalue weighted by atomic mass is 79.9. The molecule has 0 saturated carbocycles. The van der Waals surface area contributed by atoms with Gasteiger partial charge in [-0.3, -0.25) is 4.98 Å². The van der Waals surface area contributed by atoms with Crippen LogP contribution in [0, 0.1) is 0 Å². The summed E-state index contributed by atoms with van der Waals surface area (Å²) >= 11 is 3.49. The normalized spacial score (nSPS) is 11.5. The molecular formula is C17H15BrN4. The second kappa shape index (κ2) is 5.57. The average Bonchev–Trinajstić information content (AvgIpc) is 3.16. The number of alkyl halides is 1. The van der Waals surface area contributed by atoms with Gasteiger partial charge in [0.25, 0.3) is 0 Å². The number of hydrogen-bond acceptors (Lipinski definition) is 2. The van der Waals surface area contributed by atoms with Crippen molar-refractivity contribution < 1.29 is 0 Å². The molecule has 0 unspecified atom stereocenters. The Bertz CT molecular complexity index is 905. The quantitative estimate of drug-likeness (QED) is 0.553. The zero-order chi connectivity index (χ0) is 14.9. The Labute approximate surface area is 136 Å². The highest BCUT2D eigenvalue weighted by Crippen LogP contribution is 2.26. The smallest absolute Gasteiger partial charge is 0.156 e. The molecule has 3 aromatic heterocycles. The van der Waals surface area contributed by atoms with E-state index in [4.69, 9.17) is 0 Å². The third kappa shape index (κ3) is 2.31. The van der Waals surface area contributed by atoms with Crippen molar-refractivity contribution in [1.29, 1.82) is 0 Å². The van der Waals surface area contributed by atoms with E-state index in [9.17, 15) is 0 Å². The minimum atomic E-state index is 0.826. The summed E-state index contributed by atoms with van der Waals surface area (Å²) in [6.07, 6.45) is 6.71. The van der Waals surface area contributed by atoms with E-state index < -0.39 is 0 Å². The van der Waals surface area contributed by atoms with Crippen LogP contribution in [-0.2, 0) is 6.54 Å². The Morgan fingerprint density at radius 1 is 1.09 bits per heavy atom. The van der Waals surface area contributed by atoms with Crippen LogP contribution in [0.15, 0.2) is 48.9 Å². The van der Waals surface area contributed by atoms with Crippen molar-refractivity contribution in [2.45, 2.75) is 13.0 Å². The van der Waals surface area contributed by atoms with Crippen LogP contribution in [0.25, 0.3) is 33.3 Å². The molecule has 0 spiro atoms. The van der Waals surface area contributed by atoms with E-state index in [2.05, 4.69) is 65.9 Å². The fraction of sp³-hybridized carbons (Fsp3) is 0.176. The van der Waals surface area contributed by atoms with Crippen LogP contribution in [0.3, 0.4) is 0 Å². The Morgan fingerprint density at radius 2 is 2.00 bits per heavy atom. The molecule has 1 N–H and O–H groups in total. The summed E-state index contributed by atoms with van der Waals surface area (Å²) in [6.45, 7) is 1.04. The number of halogens is 1. The van der Waals surface area contributed by atoms with Gasteiger partial charge in [-0.05, 0) is 36.2 Å². The minimum absolute atomic E-state index is 0.826. The zero-order valence-electron chi connectivity index (χ0n) is 12.0. The molecule has 3 heterocycles. The van der Waals surface area contributed by atoms with E-state index in [1.54, 1.807) is 12.4 Å². The third-order valence-electron chi connectivity index (χ3n) is 3.88. The van der Waals surface area contributed by atoms with Gasteiger partial charge >= 0.3 is 0 Å². The van der Waals surface area contributed by atoms with Gasteiger partial charge in [0.05, 0.1) is 0 Å². The lowest BCUT2D eigenvalue weighted by Crippen LogP contribution is -1.95. The Kier molecular flexibility index (Phi) is 3.42. The maximum atomic E-state index is 4.33. The molecule has 110 valence electrons. The number of H-pyrrole nitrogens is 1. The maximum Gasteiger partial charge on any atom is 0.156 e. The summed E-state index contributed by atoms with van der Waals surface area (Å²) in [5.41, 5.74) is 5.21. The molecule has 5 heteroatoms. The first-order valence-electron chi connectivity index (χ1n) is 7.30. The molecule has 0 radical (unpaired) electrons. The number of hydrogen-bond donors (Lipinski definition) is 1. The molecule has 22 heavy (non-hydrogen) atoms. The van der Waals surface area contributed by atoms with Crippen molar-refractivity contribution in [3.8, 4) is 11.3 Å². The molecular weight excluding hydrogens is 340 g/mol. The summed E-state index contributed by atoms with van der Waals surface area (Å²) in [5.74, 6) is 0. The highest BCUT2D eigenvalue weighted by molar-refractivity contribution is 9.09. The largest absolute Gasteiger partial charge is 0.347 e. The number of fused-ring (bicyclic) bond motifs is 2. The summed E-state index contributed by atoms with van der Waals surface area (Å²) in [7, 11) is 0. The van der Waals surface area contributed by atoms with Gasteiger partial charge in [0.1, 0.15) is 5.52 Å². The van der Waals surface area contributed by atoms with Gasteiger partial charge in [0, 0.05) is 47.1 Å². The van der Waals surface area contributed by atoms with Crippen molar-refractivity contribution in [3.63, 3.8) is 0 Å². The van der Waals surface area contributed by atoms with Gasteiger partial charge in [0.2, 0.25) is 0 Å². The molecule has 0 atom stereocenters. The van der Waals surface area contributed by atoms with Crippen molar-refractivity contribution in [3.05, 3.63) is 48.9 Å². The van der Waals surface area contributed by atoms with E-state index in [1.165, 1.54) is 10.9 Å². The number of nitrogens with one attached hydrogen (secondary N) is 1. The number of nitrogens with zero attached hydrogens (tertiary/aromatic N) is 3. The maximum absolute atomic E-state index is 4.33. The van der Waals surface area contributed by atoms with E-state index in [0.717, 1.165) is 40.7 Å². The van der Waals surface area contributed by atoms with Gasteiger partial charge in [0.15, 0.2) is 5.65 Å². The predicted octanol–water partition coefficient (Wildman–Crippen LogP) is 4.36. The van der Waals surface area contributed by atoms with Gasteiger partial charge < -0.3 is 9.55 Å². The van der Waals surface area contributed by atoms with Crippen molar-refractivity contribution >= 4 is 38.0 Å². The van der Waals surface area contributed by atoms with E-state index >= 15 is 0 Å². The zero-order valence-corrected chi connectivity index (χ0v) is 13.5. The number of aryl methyl sites for hydroxylation is 1. The Morgan fingerprint density at radius 3 is 2.86 bits per heavy atom. The lowest BCUT2D eigenvalue weighted by Gasteiger charge is -2.04. The van der Waals surface area contributed by atoms with Crippen LogP contribution in [0.4, 0.5) is 0 Å². The fourth-order valence-corrected chi connectivity index (χ4v) is 3.05. The highest BCUT2D eigenvalue weighted by Gasteiger charge is 2.07. The minimum Gasteiger partial charge on any atom is -0.347 e. The fourth-order valence-electron chi connectivity index (χ4n) is 2.80. The predicted molar refractivity (Wildman–Crippen MR) is 93.2 cm³/mol. The van der Waals surface area contributed by atoms with Crippen molar-refractivity contribution in [1.82, 2.24) is 19.5 Å². The second-order valence-electron chi connectivity index (χ2n) is 5.30.